The van der Waals surface area contributed by atoms with Crippen molar-refractivity contribution in [2.24, 2.45) is 0 Å². The minimum absolute atomic E-state index is 0.180. The Bertz CT molecular complexity index is 478. The van der Waals surface area contributed by atoms with Crippen molar-refractivity contribution in [1.29, 1.82) is 0 Å². The van der Waals surface area contributed by atoms with Crippen LogP contribution in [0, 0.1) is 13.8 Å². The van der Waals surface area contributed by atoms with E-state index in [0.29, 0.717) is 30.1 Å². The van der Waals surface area contributed by atoms with E-state index in [1.165, 1.54) is 0 Å². The van der Waals surface area contributed by atoms with Gasteiger partial charge in [-0.05, 0) is 13.8 Å². The molecule has 1 unspecified atom stereocenters. The van der Waals surface area contributed by atoms with Gasteiger partial charge >= 0.3 is 0 Å². The van der Waals surface area contributed by atoms with E-state index in [0.717, 1.165) is 0 Å². The van der Waals surface area contributed by atoms with Gasteiger partial charge in [0.25, 0.3) is 5.91 Å². The molecule has 1 aromatic rings. The molecular formula is C12H18N4O3. The van der Waals surface area contributed by atoms with Gasteiger partial charge in [-0.3, -0.25) is 14.7 Å². The predicted octanol–water partition coefficient (Wildman–Crippen LogP) is -0.386. The van der Waals surface area contributed by atoms with Gasteiger partial charge in [0.05, 0.1) is 24.5 Å². The van der Waals surface area contributed by atoms with E-state index in [-0.39, 0.29) is 18.4 Å². The molecule has 1 atom stereocenters. The zero-order chi connectivity index (χ0) is 14.0. The number of morpholine rings is 1. The summed E-state index contributed by atoms with van der Waals surface area (Å²) in [5.74, 6) is -0.396. The lowest BCUT2D eigenvalue weighted by Crippen LogP contribution is -2.55. The van der Waals surface area contributed by atoms with Crippen molar-refractivity contribution >= 4 is 11.8 Å². The highest BCUT2D eigenvalue weighted by atomic mass is 16.5. The van der Waals surface area contributed by atoms with E-state index in [1.54, 1.807) is 25.8 Å². The predicted molar refractivity (Wildman–Crippen MR) is 67.8 cm³/mol. The Morgan fingerprint density at radius 3 is 2.79 bits per heavy atom. The monoisotopic (exact) mass is 266 g/mol. The maximum atomic E-state index is 12.6. The van der Waals surface area contributed by atoms with Gasteiger partial charge < -0.3 is 15.0 Å². The SMILES string of the molecule is CNC(=O)C1COCCN1C(=O)c1c(C)n[nH]c1C. The molecule has 2 rings (SSSR count). The van der Waals surface area contributed by atoms with Crippen LogP contribution in [0.4, 0.5) is 0 Å². The maximum absolute atomic E-state index is 12.6. The molecule has 0 aliphatic carbocycles. The van der Waals surface area contributed by atoms with Crippen LogP contribution in [0.3, 0.4) is 0 Å². The lowest BCUT2D eigenvalue weighted by Gasteiger charge is -2.34. The molecule has 1 fully saturated rings. The van der Waals surface area contributed by atoms with E-state index >= 15 is 0 Å². The van der Waals surface area contributed by atoms with Crippen LogP contribution in [0.5, 0.6) is 0 Å². The molecule has 0 saturated carbocycles. The largest absolute Gasteiger partial charge is 0.377 e. The summed E-state index contributed by atoms with van der Waals surface area (Å²) in [4.78, 5) is 25.9. The molecule has 1 aliphatic heterocycles. The van der Waals surface area contributed by atoms with Crippen LogP contribution in [-0.2, 0) is 9.53 Å². The first-order valence-electron chi connectivity index (χ1n) is 6.18. The summed E-state index contributed by atoms with van der Waals surface area (Å²) in [6, 6.07) is -0.583. The fraction of sp³-hybridized carbons (Fsp3) is 0.583. The van der Waals surface area contributed by atoms with E-state index in [1.807, 2.05) is 0 Å². The zero-order valence-electron chi connectivity index (χ0n) is 11.3. The van der Waals surface area contributed by atoms with Crippen molar-refractivity contribution in [3.8, 4) is 0 Å². The fourth-order valence-corrected chi connectivity index (χ4v) is 2.24. The minimum atomic E-state index is -0.583. The first kappa shape index (κ1) is 13.5. The van der Waals surface area contributed by atoms with Crippen molar-refractivity contribution in [3.05, 3.63) is 17.0 Å². The summed E-state index contributed by atoms with van der Waals surface area (Å²) in [6.07, 6.45) is 0. The second-order valence-electron chi connectivity index (χ2n) is 4.51. The Hall–Kier alpha value is -1.89. The standard InChI is InChI=1S/C12H18N4O3/c1-7-10(8(2)15-14-7)12(18)16-4-5-19-6-9(16)11(17)13-3/h9H,4-6H2,1-3H3,(H,13,17)(H,14,15). The molecule has 2 heterocycles. The van der Waals surface area contributed by atoms with Gasteiger partial charge in [0.15, 0.2) is 0 Å². The molecule has 2 amide bonds. The van der Waals surface area contributed by atoms with Crippen LogP contribution in [0.15, 0.2) is 0 Å². The number of carbonyl (C=O) groups excluding carboxylic acids is 2. The number of aryl methyl sites for hydroxylation is 2. The number of hydrogen-bond acceptors (Lipinski definition) is 4. The Morgan fingerprint density at radius 2 is 2.21 bits per heavy atom. The molecular weight excluding hydrogens is 248 g/mol. The number of amides is 2. The Labute approximate surface area is 111 Å². The first-order chi connectivity index (χ1) is 9.06. The van der Waals surface area contributed by atoms with Gasteiger partial charge in [-0.25, -0.2) is 0 Å². The van der Waals surface area contributed by atoms with Crippen molar-refractivity contribution in [3.63, 3.8) is 0 Å². The normalized spacial score (nSPS) is 19.3. The molecule has 1 saturated heterocycles. The van der Waals surface area contributed by atoms with Gasteiger partial charge in [0.2, 0.25) is 5.91 Å². The highest BCUT2D eigenvalue weighted by Gasteiger charge is 2.34. The second-order valence-corrected chi connectivity index (χ2v) is 4.51. The number of aromatic amines is 1. The van der Waals surface area contributed by atoms with Crippen molar-refractivity contribution in [2.45, 2.75) is 19.9 Å². The number of H-pyrrole nitrogens is 1. The number of nitrogens with zero attached hydrogens (tertiary/aromatic N) is 2. The highest BCUT2D eigenvalue weighted by Crippen LogP contribution is 2.17. The van der Waals surface area contributed by atoms with E-state index in [2.05, 4.69) is 15.5 Å². The molecule has 0 bridgehead atoms. The third-order valence-corrected chi connectivity index (χ3v) is 3.28. The fourth-order valence-electron chi connectivity index (χ4n) is 2.24. The second kappa shape index (κ2) is 5.40. The van der Waals surface area contributed by atoms with Crippen LogP contribution < -0.4 is 5.32 Å². The third kappa shape index (κ3) is 2.46. The summed E-state index contributed by atoms with van der Waals surface area (Å²) < 4.78 is 5.29. The van der Waals surface area contributed by atoms with Gasteiger partial charge in [0, 0.05) is 19.3 Å². The quantitative estimate of drug-likeness (QED) is 0.763. The molecule has 7 heteroatoms. The molecule has 1 aliphatic rings. The first-order valence-corrected chi connectivity index (χ1v) is 6.18. The Morgan fingerprint density at radius 1 is 1.47 bits per heavy atom. The van der Waals surface area contributed by atoms with Gasteiger partial charge in [-0.15, -0.1) is 0 Å². The summed E-state index contributed by atoms with van der Waals surface area (Å²) in [7, 11) is 1.55. The molecule has 1 aromatic heterocycles. The Balaban J connectivity index is 2.28. The van der Waals surface area contributed by atoms with Crippen molar-refractivity contribution < 1.29 is 14.3 Å². The number of carbonyl (C=O) groups is 2. The van der Waals surface area contributed by atoms with E-state index in [9.17, 15) is 9.59 Å². The molecule has 0 radical (unpaired) electrons. The molecule has 0 aromatic carbocycles. The number of nitrogens with one attached hydrogen (secondary N) is 2. The average Bonchev–Trinajstić information content (AvgIpc) is 2.76. The van der Waals surface area contributed by atoms with Crippen molar-refractivity contribution in [2.75, 3.05) is 26.8 Å². The van der Waals surface area contributed by atoms with E-state index in [4.69, 9.17) is 4.74 Å². The molecule has 104 valence electrons. The lowest BCUT2D eigenvalue weighted by molar-refractivity contribution is -0.130. The summed E-state index contributed by atoms with van der Waals surface area (Å²) in [5.41, 5.74) is 1.89. The van der Waals surface area contributed by atoms with Crippen LogP contribution in [-0.4, -0.2) is 59.8 Å². The van der Waals surface area contributed by atoms with E-state index < -0.39 is 6.04 Å². The van der Waals surface area contributed by atoms with Gasteiger partial charge in [-0.1, -0.05) is 0 Å². The summed E-state index contributed by atoms with van der Waals surface area (Å²) in [5, 5.41) is 9.36. The smallest absolute Gasteiger partial charge is 0.258 e. The highest BCUT2D eigenvalue weighted by molar-refractivity contribution is 5.99. The number of likely N-dealkylation sites (N-methyl/N-ethyl adjacent to an activating group) is 1. The van der Waals surface area contributed by atoms with Crippen LogP contribution in [0.2, 0.25) is 0 Å². The molecule has 2 N–H and O–H groups in total. The number of rotatable bonds is 2. The van der Waals surface area contributed by atoms with Crippen LogP contribution in [0.25, 0.3) is 0 Å². The third-order valence-electron chi connectivity index (χ3n) is 3.28. The lowest BCUT2D eigenvalue weighted by atomic mass is 10.1. The summed E-state index contributed by atoms with van der Waals surface area (Å²) >= 11 is 0. The topological polar surface area (TPSA) is 87.3 Å². The van der Waals surface area contributed by atoms with Crippen LogP contribution in [0.1, 0.15) is 21.7 Å². The Kier molecular flexibility index (Phi) is 3.84. The number of hydrogen-bond donors (Lipinski definition) is 2. The summed E-state index contributed by atoms with van der Waals surface area (Å²) in [6.45, 7) is 4.63. The average molecular weight is 266 g/mol. The maximum Gasteiger partial charge on any atom is 0.258 e. The number of ether oxygens (including phenoxy) is 1. The molecule has 7 nitrogen and oxygen atoms in total. The zero-order valence-corrected chi connectivity index (χ0v) is 11.3. The molecule has 0 spiro atoms. The minimum Gasteiger partial charge on any atom is -0.377 e. The van der Waals surface area contributed by atoms with Crippen LogP contribution >= 0.6 is 0 Å². The number of aromatic nitrogens is 2. The molecule has 19 heavy (non-hydrogen) atoms. The van der Waals surface area contributed by atoms with Crippen molar-refractivity contribution in [1.82, 2.24) is 20.4 Å². The van der Waals surface area contributed by atoms with Gasteiger partial charge in [-0.2, -0.15) is 5.10 Å². The van der Waals surface area contributed by atoms with Gasteiger partial charge in [0.1, 0.15) is 6.04 Å².